The molecule has 1 aromatic heterocycles. The Morgan fingerprint density at radius 3 is 2.75 bits per heavy atom. The number of carbonyl (C=O) groups is 2. The maximum absolute atomic E-state index is 11.7. The number of carbonyl (C=O) groups excluding carboxylic acids is 2. The summed E-state index contributed by atoms with van der Waals surface area (Å²) in [5, 5.41) is 1.78. The Balaban J connectivity index is 2.08. The van der Waals surface area contributed by atoms with Crippen LogP contribution in [-0.4, -0.2) is 17.9 Å². The van der Waals surface area contributed by atoms with Gasteiger partial charge in [0.1, 0.15) is 11.1 Å². The predicted octanol–water partition coefficient (Wildman–Crippen LogP) is 2.94. The van der Waals surface area contributed by atoms with Gasteiger partial charge in [-0.25, -0.2) is 4.79 Å². The lowest BCUT2D eigenvalue weighted by atomic mass is 10.1. The quantitative estimate of drug-likeness (QED) is 0.630. The van der Waals surface area contributed by atoms with Gasteiger partial charge in [-0.2, -0.15) is 0 Å². The fourth-order valence-electron chi connectivity index (χ4n) is 1.31. The summed E-state index contributed by atoms with van der Waals surface area (Å²) >= 11 is 12.7. The lowest BCUT2D eigenvalue weighted by Gasteiger charge is -2.07. The van der Waals surface area contributed by atoms with E-state index in [0.29, 0.717) is 4.88 Å². The third-order valence-corrected chi connectivity index (χ3v) is 3.89. The molecule has 84 valence electrons. The molecule has 2 rings (SSSR count). The van der Waals surface area contributed by atoms with E-state index in [1.54, 1.807) is 17.5 Å². The van der Waals surface area contributed by atoms with Crippen LogP contribution in [0.25, 0.3) is 0 Å². The lowest BCUT2D eigenvalue weighted by molar-refractivity contribution is -0.138. The molecule has 0 saturated heterocycles. The number of hydrogen-bond donors (Lipinski definition) is 0. The molecule has 1 atom stereocenters. The van der Waals surface area contributed by atoms with Crippen molar-refractivity contribution in [2.75, 3.05) is 0 Å². The summed E-state index contributed by atoms with van der Waals surface area (Å²) < 4.78 is 4.86. The van der Waals surface area contributed by atoms with Gasteiger partial charge in [0, 0.05) is 0 Å². The third kappa shape index (κ3) is 2.14. The fraction of sp³-hybridized carbons (Fsp3) is 0.200. The van der Waals surface area contributed by atoms with Gasteiger partial charge in [-0.1, -0.05) is 29.3 Å². The average Bonchev–Trinajstić information content (AvgIpc) is 2.85. The normalized spacial score (nSPS) is 20.1. The molecule has 0 amide bonds. The van der Waals surface area contributed by atoms with Crippen LogP contribution in [-0.2, 0) is 9.53 Å². The summed E-state index contributed by atoms with van der Waals surface area (Å²) in [7, 11) is 0. The molecule has 2 heterocycles. The number of thiophene rings is 1. The zero-order valence-electron chi connectivity index (χ0n) is 7.91. The molecule has 1 aromatic rings. The van der Waals surface area contributed by atoms with Crippen LogP contribution in [0.5, 0.6) is 0 Å². The molecule has 1 aliphatic heterocycles. The first kappa shape index (κ1) is 11.6. The molecule has 0 N–H and O–H groups in total. The first-order valence-electron chi connectivity index (χ1n) is 4.42. The van der Waals surface area contributed by atoms with E-state index in [1.807, 2.05) is 0 Å². The Morgan fingerprint density at radius 1 is 1.50 bits per heavy atom. The highest BCUT2D eigenvalue weighted by atomic mass is 35.5. The molecule has 0 bridgehead atoms. The minimum absolute atomic E-state index is 0.0291. The number of hydrogen-bond acceptors (Lipinski definition) is 4. The van der Waals surface area contributed by atoms with Gasteiger partial charge in [-0.15, -0.1) is 11.3 Å². The molecule has 16 heavy (non-hydrogen) atoms. The standard InChI is InChI=1S/C10H6Cl2O3S/c11-8-6(15-10(14)9(8)12)4-5(13)7-2-1-3-16-7/h1-3,6H,4H2. The molecule has 0 fully saturated rings. The van der Waals surface area contributed by atoms with Crippen molar-refractivity contribution in [3.8, 4) is 0 Å². The largest absolute Gasteiger partial charge is 0.452 e. The summed E-state index contributed by atoms with van der Waals surface area (Å²) in [5.41, 5.74) is 0. The molecule has 3 nitrogen and oxygen atoms in total. The monoisotopic (exact) mass is 276 g/mol. The van der Waals surface area contributed by atoms with Gasteiger partial charge in [0.05, 0.1) is 16.3 Å². The molecule has 0 radical (unpaired) electrons. The second-order valence-electron chi connectivity index (χ2n) is 3.16. The van der Waals surface area contributed by atoms with Crippen molar-refractivity contribution in [3.63, 3.8) is 0 Å². The molecule has 0 saturated carbocycles. The first-order valence-corrected chi connectivity index (χ1v) is 6.06. The summed E-state index contributed by atoms with van der Waals surface area (Å²) in [6.07, 6.45) is -0.710. The molecule has 6 heteroatoms. The molecule has 0 aliphatic carbocycles. The van der Waals surface area contributed by atoms with Gasteiger partial charge in [0.25, 0.3) is 0 Å². The molecule has 1 aliphatic rings. The Morgan fingerprint density at radius 2 is 2.25 bits per heavy atom. The van der Waals surface area contributed by atoms with Gasteiger partial charge in [-0.3, -0.25) is 4.79 Å². The van der Waals surface area contributed by atoms with Gasteiger partial charge >= 0.3 is 5.97 Å². The smallest absolute Gasteiger partial charge is 0.351 e. The molecule has 1 unspecified atom stereocenters. The fourth-order valence-corrected chi connectivity index (χ4v) is 2.35. The third-order valence-electron chi connectivity index (χ3n) is 2.09. The SMILES string of the molecule is O=C1OC(CC(=O)c2cccs2)C(Cl)=C1Cl. The summed E-state index contributed by atoms with van der Waals surface area (Å²) in [5.74, 6) is -0.784. The Hall–Kier alpha value is -0.840. The second-order valence-corrected chi connectivity index (χ2v) is 4.89. The van der Waals surface area contributed by atoms with Crippen molar-refractivity contribution in [2.24, 2.45) is 0 Å². The van der Waals surface area contributed by atoms with Crippen LogP contribution >= 0.6 is 34.5 Å². The maximum atomic E-state index is 11.7. The van der Waals surface area contributed by atoms with E-state index in [-0.39, 0.29) is 22.3 Å². The Bertz CT molecular complexity index is 464. The van der Waals surface area contributed by atoms with Crippen LogP contribution in [0.1, 0.15) is 16.1 Å². The van der Waals surface area contributed by atoms with Crippen LogP contribution in [0, 0.1) is 0 Å². The zero-order valence-corrected chi connectivity index (χ0v) is 10.2. The highest BCUT2D eigenvalue weighted by Crippen LogP contribution is 2.31. The van der Waals surface area contributed by atoms with Crippen LogP contribution in [0.2, 0.25) is 0 Å². The number of Topliss-reactive ketones (excluding diaryl/α,β-unsaturated/α-hetero) is 1. The number of cyclic esters (lactones) is 1. The van der Waals surface area contributed by atoms with E-state index in [1.165, 1.54) is 11.3 Å². The van der Waals surface area contributed by atoms with E-state index in [4.69, 9.17) is 27.9 Å². The van der Waals surface area contributed by atoms with Crippen molar-refractivity contribution in [1.29, 1.82) is 0 Å². The number of rotatable bonds is 3. The van der Waals surface area contributed by atoms with Gasteiger partial charge in [-0.05, 0) is 11.4 Å². The molecule has 0 spiro atoms. The summed E-state index contributed by atoms with van der Waals surface area (Å²) in [6, 6.07) is 3.49. The maximum Gasteiger partial charge on any atom is 0.351 e. The number of esters is 1. The van der Waals surface area contributed by atoms with Crippen molar-refractivity contribution < 1.29 is 14.3 Å². The van der Waals surface area contributed by atoms with Crippen LogP contribution in [0.3, 0.4) is 0 Å². The summed E-state index contributed by atoms with van der Waals surface area (Å²) in [4.78, 5) is 23.4. The minimum atomic E-state index is -0.740. The number of ketones is 1. The van der Waals surface area contributed by atoms with Gasteiger partial charge < -0.3 is 4.74 Å². The first-order chi connectivity index (χ1) is 7.59. The van der Waals surface area contributed by atoms with E-state index >= 15 is 0 Å². The van der Waals surface area contributed by atoms with E-state index in [0.717, 1.165) is 0 Å². The topological polar surface area (TPSA) is 43.4 Å². The molecular formula is C10H6Cl2O3S. The minimum Gasteiger partial charge on any atom is -0.452 e. The summed E-state index contributed by atoms with van der Waals surface area (Å²) in [6.45, 7) is 0. The number of halogens is 2. The molecular weight excluding hydrogens is 271 g/mol. The average molecular weight is 277 g/mol. The second kappa shape index (κ2) is 4.57. The van der Waals surface area contributed by atoms with Crippen LogP contribution < -0.4 is 0 Å². The highest BCUT2D eigenvalue weighted by molar-refractivity contribution is 7.12. The van der Waals surface area contributed by atoms with E-state index in [2.05, 4.69) is 0 Å². The Labute approximate surface area is 106 Å². The zero-order chi connectivity index (χ0) is 11.7. The highest BCUT2D eigenvalue weighted by Gasteiger charge is 2.33. The molecule has 0 aromatic carbocycles. The van der Waals surface area contributed by atoms with E-state index in [9.17, 15) is 9.59 Å². The van der Waals surface area contributed by atoms with Crippen molar-refractivity contribution >= 4 is 46.3 Å². The number of ether oxygens (including phenoxy) is 1. The van der Waals surface area contributed by atoms with Gasteiger partial charge in [0.15, 0.2) is 5.78 Å². The van der Waals surface area contributed by atoms with Crippen molar-refractivity contribution in [2.45, 2.75) is 12.5 Å². The van der Waals surface area contributed by atoms with E-state index < -0.39 is 12.1 Å². The van der Waals surface area contributed by atoms with Crippen LogP contribution in [0.15, 0.2) is 27.6 Å². The Kier molecular flexibility index (Phi) is 3.33. The lowest BCUT2D eigenvalue weighted by Crippen LogP contribution is -2.15. The van der Waals surface area contributed by atoms with Crippen LogP contribution in [0.4, 0.5) is 0 Å². The van der Waals surface area contributed by atoms with Crippen molar-refractivity contribution in [1.82, 2.24) is 0 Å². The van der Waals surface area contributed by atoms with Gasteiger partial charge in [0.2, 0.25) is 0 Å². The predicted molar refractivity (Wildman–Crippen MR) is 61.9 cm³/mol. The van der Waals surface area contributed by atoms with Crippen molar-refractivity contribution in [3.05, 3.63) is 32.5 Å².